The molecule has 0 saturated heterocycles. The summed E-state index contributed by atoms with van der Waals surface area (Å²) in [6.45, 7) is 7.98. The molecule has 1 aliphatic heterocycles. The van der Waals surface area contributed by atoms with E-state index in [4.69, 9.17) is 4.74 Å². The van der Waals surface area contributed by atoms with E-state index in [0.717, 1.165) is 22.4 Å². The quantitative estimate of drug-likeness (QED) is 0.249. The Labute approximate surface area is 184 Å². The molecule has 0 bridgehead atoms. The Bertz CT molecular complexity index is 1190. The summed E-state index contributed by atoms with van der Waals surface area (Å²) in [5.41, 5.74) is 7.66. The number of allylic oxidation sites excluding steroid dienone is 1. The minimum atomic E-state index is -1.56. The summed E-state index contributed by atoms with van der Waals surface area (Å²) in [4.78, 5) is 11.2. The Morgan fingerprint density at radius 1 is 0.968 bits per heavy atom. The molecule has 0 saturated carbocycles. The molecule has 1 aliphatic rings. The van der Waals surface area contributed by atoms with E-state index in [2.05, 4.69) is 84.0 Å². The lowest BCUT2D eigenvalue weighted by Crippen LogP contribution is -2.39. The van der Waals surface area contributed by atoms with Crippen LogP contribution in [0.25, 0.3) is 16.8 Å². The molecule has 0 atom stereocenters. The molecule has 1 heterocycles. The van der Waals surface area contributed by atoms with Crippen molar-refractivity contribution in [1.29, 1.82) is 0 Å². The minimum Gasteiger partial charge on any atom is -0.427 e. The molecule has 3 aromatic rings. The zero-order chi connectivity index (χ0) is 22.0. The fraction of sp³-hybridized carbons (Fsp3) is 0.160. The lowest BCUT2D eigenvalue weighted by molar-refractivity contribution is -0.131. The van der Waals surface area contributed by atoms with Gasteiger partial charge in [0.15, 0.2) is 0 Å². The second-order valence-corrected chi connectivity index (χ2v) is 13.4. The maximum atomic E-state index is 11.2. The first-order chi connectivity index (χ1) is 14.8. The van der Waals surface area contributed by atoms with Crippen LogP contribution in [0.15, 0.2) is 66.1 Å². The number of anilines is 2. The molecule has 0 aliphatic carbocycles. The monoisotopic (exact) mass is 424 g/mol. The molecule has 154 valence electrons. The third kappa shape index (κ3) is 5.01. The third-order valence-electron chi connectivity index (χ3n) is 4.86. The van der Waals surface area contributed by atoms with E-state index in [9.17, 15) is 4.79 Å². The Hall–Kier alpha value is -3.43. The lowest BCUT2D eigenvalue weighted by atomic mass is 9.65. The molecule has 0 aromatic heterocycles. The van der Waals surface area contributed by atoms with Crippen LogP contribution >= 0.6 is 0 Å². The molecular formula is C25H25BN2O2Si. The van der Waals surface area contributed by atoms with Gasteiger partial charge in [-0.1, -0.05) is 62.0 Å². The molecular weight excluding hydrogens is 399 g/mol. The van der Waals surface area contributed by atoms with Gasteiger partial charge in [-0.05, 0) is 41.3 Å². The topological polar surface area (TPSA) is 50.4 Å². The Morgan fingerprint density at radius 2 is 1.58 bits per heavy atom. The van der Waals surface area contributed by atoms with E-state index in [1.165, 1.54) is 17.7 Å². The van der Waals surface area contributed by atoms with Gasteiger partial charge in [0.1, 0.15) is 13.8 Å². The van der Waals surface area contributed by atoms with E-state index < -0.39 is 8.07 Å². The highest BCUT2D eigenvalue weighted by molar-refractivity contribution is 6.84. The smallest absolute Gasteiger partial charge is 0.414 e. The first-order valence-corrected chi connectivity index (χ1v) is 13.9. The molecule has 31 heavy (non-hydrogen) atoms. The lowest BCUT2D eigenvalue weighted by Gasteiger charge is -2.27. The molecule has 6 heteroatoms. The summed E-state index contributed by atoms with van der Waals surface area (Å²) in [5, 5.41) is 9.64. The molecule has 4 rings (SSSR count). The van der Waals surface area contributed by atoms with E-state index in [0.29, 0.717) is 5.75 Å². The van der Waals surface area contributed by atoms with Crippen molar-refractivity contribution in [3.63, 3.8) is 0 Å². The van der Waals surface area contributed by atoms with Crippen LogP contribution in [0, 0.1) is 11.5 Å². The van der Waals surface area contributed by atoms with Crippen molar-refractivity contribution in [3.8, 4) is 17.2 Å². The van der Waals surface area contributed by atoms with E-state index >= 15 is 0 Å². The molecule has 0 unspecified atom stereocenters. The van der Waals surface area contributed by atoms with Crippen molar-refractivity contribution in [1.82, 2.24) is 0 Å². The molecule has 0 fully saturated rings. The Kier molecular flexibility index (Phi) is 5.62. The first-order valence-electron chi connectivity index (χ1n) is 10.4. The van der Waals surface area contributed by atoms with Gasteiger partial charge in [0.05, 0.1) is 0 Å². The SMILES string of the molecule is CC(=O)Oc1ccc(/C=C(\C#C[Si](C)(C)C)B2Nc3cccc4cccc(c34)N2)cc1. The number of nitrogens with one attached hydrogen (secondary N) is 2. The summed E-state index contributed by atoms with van der Waals surface area (Å²) in [7, 11) is -1.56. The van der Waals surface area contributed by atoms with E-state index in [1.807, 2.05) is 12.1 Å². The van der Waals surface area contributed by atoms with Crippen molar-refractivity contribution in [3.05, 3.63) is 71.7 Å². The van der Waals surface area contributed by atoms with Crippen LogP contribution in [-0.4, -0.2) is 21.0 Å². The highest BCUT2D eigenvalue weighted by Crippen LogP contribution is 2.35. The maximum absolute atomic E-state index is 11.2. The van der Waals surface area contributed by atoms with Crippen molar-refractivity contribution in [2.24, 2.45) is 0 Å². The molecule has 0 amide bonds. The predicted octanol–water partition coefficient (Wildman–Crippen LogP) is 5.59. The summed E-state index contributed by atoms with van der Waals surface area (Å²) in [6, 6.07) is 20.1. The van der Waals surface area contributed by atoms with Gasteiger partial charge in [-0.3, -0.25) is 4.79 Å². The van der Waals surface area contributed by atoms with Crippen LogP contribution in [0.2, 0.25) is 19.6 Å². The van der Waals surface area contributed by atoms with Crippen molar-refractivity contribution < 1.29 is 9.53 Å². The number of ether oxygens (including phenoxy) is 1. The summed E-state index contributed by atoms with van der Waals surface area (Å²) < 4.78 is 5.15. The number of carbonyl (C=O) groups excluding carboxylic acids is 1. The molecule has 0 radical (unpaired) electrons. The van der Waals surface area contributed by atoms with Crippen LogP contribution < -0.4 is 15.2 Å². The number of carbonyl (C=O) groups is 1. The zero-order valence-electron chi connectivity index (χ0n) is 18.2. The summed E-state index contributed by atoms with van der Waals surface area (Å²) in [6.07, 6.45) is 2.09. The Balaban J connectivity index is 1.71. The normalized spacial score (nSPS) is 13.0. The third-order valence-corrected chi connectivity index (χ3v) is 5.74. The van der Waals surface area contributed by atoms with Gasteiger partial charge in [0.25, 0.3) is 0 Å². The average Bonchev–Trinajstić information content (AvgIpc) is 2.71. The van der Waals surface area contributed by atoms with Gasteiger partial charge in [-0.15, -0.1) is 5.54 Å². The molecule has 2 N–H and O–H groups in total. The zero-order valence-corrected chi connectivity index (χ0v) is 19.2. The predicted molar refractivity (Wildman–Crippen MR) is 134 cm³/mol. The fourth-order valence-electron chi connectivity index (χ4n) is 3.51. The van der Waals surface area contributed by atoms with Gasteiger partial charge in [-0.25, -0.2) is 0 Å². The van der Waals surface area contributed by atoms with E-state index in [1.54, 1.807) is 12.1 Å². The highest BCUT2D eigenvalue weighted by atomic mass is 28.3. The molecule has 4 nitrogen and oxygen atoms in total. The number of hydrogen-bond acceptors (Lipinski definition) is 4. The van der Waals surface area contributed by atoms with Crippen molar-refractivity contribution >= 4 is 49.2 Å². The number of hydrogen-bond donors (Lipinski definition) is 2. The number of esters is 1. The van der Waals surface area contributed by atoms with E-state index in [-0.39, 0.29) is 13.0 Å². The van der Waals surface area contributed by atoms with Gasteiger partial charge >= 0.3 is 13.0 Å². The first kappa shape index (κ1) is 20.8. The average molecular weight is 424 g/mol. The van der Waals surface area contributed by atoms with Gasteiger partial charge < -0.3 is 15.2 Å². The van der Waals surface area contributed by atoms with Crippen molar-refractivity contribution in [2.75, 3.05) is 10.5 Å². The van der Waals surface area contributed by atoms with Crippen LogP contribution in [0.3, 0.4) is 0 Å². The molecule has 0 spiro atoms. The fourth-order valence-corrected chi connectivity index (χ4v) is 4.03. The van der Waals surface area contributed by atoms with Crippen LogP contribution in [0.1, 0.15) is 12.5 Å². The maximum Gasteiger partial charge on any atom is 0.414 e. The number of benzene rings is 3. The van der Waals surface area contributed by atoms with Crippen LogP contribution in [0.5, 0.6) is 5.75 Å². The van der Waals surface area contributed by atoms with Crippen molar-refractivity contribution in [2.45, 2.75) is 26.6 Å². The second kappa shape index (κ2) is 8.37. The van der Waals surface area contributed by atoms with Gasteiger partial charge in [0, 0.05) is 29.2 Å². The highest BCUT2D eigenvalue weighted by Gasteiger charge is 2.27. The molecule has 3 aromatic carbocycles. The largest absolute Gasteiger partial charge is 0.427 e. The summed E-state index contributed by atoms with van der Waals surface area (Å²) >= 11 is 0. The van der Waals surface area contributed by atoms with Crippen LogP contribution in [-0.2, 0) is 4.79 Å². The van der Waals surface area contributed by atoms with Crippen LogP contribution in [0.4, 0.5) is 11.4 Å². The minimum absolute atomic E-state index is 0.141. The van der Waals surface area contributed by atoms with Gasteiger partial charge in [0.2, 0.25) is 0 Å². The van der Waals surface area contributed by atoms with Gasteiger partial charge in [-0.2, -0.15) is 0 Å². The second-order valence-electron chi connectivity index (χ2n) is 8.69. The summed E-state index contributed by atoms with van der Waals surface area (Å²) in [5.74, 6) is 3.66. The standard InChI is InChI=1S/C25H25BN2O2Si/c1-18(29)30-22-13-11-19(12-14-22)17-21(15-16-31(2,3)4)26-27-23-9-5-7-20-8-6-10-24(28-26)25(20)23/h5-14,17,27-28H,1-4H3/b21-17+. The Morgan fingerprint density at radius 3 is 2.13 bits per heavy atom. The number of rotatable bonds is 3.